The Kier molecular flexibility index (Phi) is 10.1. The van der Waals surface area contributed by atoms with Gasteiger partial charge in [0.15, 0.2) is 0 Å². The molecule has 0 aromatic carbocycles. The Morgan fingerprint density at radius 1 is 1.31 bits per heavy atom. The Labute approximate surface area is 99.5 Å². The van der Waals surface area contributed by atoms with Gasteiger partial charge in [-0.25, -0.2) is 0 Å². The third-order valence-electron chi connectivity index (χ3n) is 2.69. The third-order valence-corrected chi connectivity index (χ3v) is 2.69. The molecule has 0 amide bonds. The Morgan fingerprint density at radius 3 is 2.62 bits per heavy atom. The molecule has 0 fully saturated rings. The van der Waals surface area contributed by atoms with E-state index in [0.717, 1.165) is 26.1 Å². The smallest absolute Gasteiger partial charge is 0.306 e. The van der Waals surface area contributed by atoms with Crippen molar-refractivity contribution in [2.45, 2.75) is 39.0 Å². The molecule has 0 bridgehead atoms. The first-order valence-electron chi connectivity index (χ1n) is 6.14. The summed E-state index contributed by atoms with van der Waals surface area (Å²) in [5.74, 6) is -0.120. The summed E-state index contributed by atoms with van der Waals surface area (Å²) in [6, 6.07) is 0. The zero-order valence-electron chi connectivity index (χ0n) is 10.7. The predicted molar refractivity (Wildman–Crippen MR) is 67.4 cm³/mol. The summed E-state index contributed by atoms with van der Waals surface area (Å²) < 4.78 is 4.63. The fraction of sp³-hybridized carbons (Fsp3) is 0.769. The lowest BCUT2D eigenvalue weighted by Gasteiger charge is -2.19. The van der Waals surface area contributed by atoms with Gasteiger partial charge in [-0.1, -0.05) is 19.4 Å². The van der Waals surface area contributed by atoms with E-state index in [9.17, 15) is 4.79 Å². The highest BCUT2D eigenvalue weighted by molar-refractivity contribution is 5.69. The van der Waals surface area contributed by atoms with Crippen molar-refractivity contribution in [2.75, 3.05) is 26.7 Å². The highest BCUT2D eigenvalue weighted by Gasteiger charge is 2.05. The number of hydrogen-bond acceptors (Lipinski definition) is 3. The van der Waals surface area contributed by atoms with Crippen LogP contribution in [0.4, 0.5) is 0 Å². The number of ether oxygens (including phenoxy) is 1. The number of carbonyl (C=O) groups is 1. The van der Waals surface area contributed by atoms with Crippen molar-refractivity contribution in [1.82, 2.24) is 4.90 Å². The van der Waals surface area contributed by atoms with E-state index in [1.807, 2.05) is 6.08 Å². The monoisotopic (exact) mass is 227 g/mol. The van der Waals surface area contributed by atoms with E-state index in [0.29, 0.717) is 6.42 Å². The SMILES string of the molecule is C=CCCCCCN(CC)CCC(=O)OC. The molecule has 0 saturated carbocycles. The average molecular weight is 227 g/mol. The highest BCUT2D eigenvalue weighted by Crippen LogP contribution is 2.03. The molecule has 0 aliphatic rings. The number of nitrogens with zero attached hydrogens (tertiary/aromatic N) is 1. The van der Waals surface area contributed by atoms with Gasteiger partial charge in [0.2, 0.25) is 0 Å². The first-order chi connectivity index (χ1) is 7.74. The van der Waals surface area contributed by atoms with E-state index in [4.69, 9.17) is 0 Å². The van der Waals surface area contributed by atoms with E-state index in [1.54, 1.807) is 0 Å². The second-order valence-corrected chi connectivity index (χ2v) is 3.90. The van der Waals surface area contributed by atoms with Crippen molar-refractivity contribution >= 4 is 5.97 Å². The largest absolute Gasteiger partial charge is 0.469 e. The molecule has 94 valence electrons. The molecule has 0 aliphatic carbocycles. The number of hydrogen-bond donors (Lipinski definition) is 0. The Balaban J connectivity index is 3.50. The lowest BCUT2D eigenvalue weighted by molar-refractivity contribution is -0.140. The van der Waals surface area contributed by atoms with Crippen LogP contribution in [-0.2, 0) is 9.53 Å². The molecular formula is C13H25NO2. The van der Waals surface area contributed by atoms with Crippen molar-refractivity contribution in [1.29, 1.82) is 0 Å². The minimum Gasteiger partial charge on any atom is -0.469 e. The molecule has 0 aliphatic heterocycles. The molecule has 0 unspecified atom stereocenters. The van der Waals surface area contributed by atoms with Crippen LogP contribution in [-0.4, -0.2) is 37.6 Å². The molecule has 0 heterocycles. The van der Waals surface area contributed by atoms with Crippen LogP contribution in [0.25, 0.3) is 0 Å². The number of carbonyl (C=O) groups excluding carboxylic acids is 1. The van der Waals surface area contributed by atoms with Crippen LogP contribution in [0.1, 0.15) is 39.0 Å². The van der Waals surface area contributed by atoms with Gasteiger partial charge < -0.3 is 9.64 Å². The first kappa shape index (κ1) is 15.2. The maximum absolute atomic E-state index is 11.0. The minimum atomic E-state index is -0.120. The van der Waals surface area contributed by atoms with Crippen LogP contribution in [0.2, 0.25) is 0 Å². The molecule has 3 nitrogen and oxygen atoms in total. The van der Waals surface area contributed by atoms with Crippen LogP contribution >= 0.6 is 0 Å². The lowest BCUT2D eigenvalue weighted by atomic mass is 10.2. The number of methoxy groups -OCH3 is 1. The molecule has 0 spiro atoms. The van der Waals surface area contributed by atoms with Gasteiger partial charge in [0.1, 0.15) is 0 Å². The summed E-state index contributed by atoms with van der Waals surface area (Å²) in [6.07, 6.45) is 7.22. The quantitative estimate of drug-likeness (QED) is 0.326. The summed E-state index contributed by atoms with van der Waals surface area (Å²) in [4.78, 5) is 13.3. The van der Waals surface area contributed by atoms with Gasteiger partial charge >= 0.3 is 5.97 Å². The van der Waals surface area contributed by atoms with Crippen LogP contribution in [0.5, 0.6) is 0 Å². The van der Waals surface area contributed by atoms with Crippen LogP contribution < -0.4 is 0 Å². The molecule has 3 heteroatoms. The molecule has 0 rings (SSSR count). The van der Waals surface area contributed by atoms with E-state index in [-0.39, 0.29) is 5.97 Å². The Hall–Kier alpha value is -0.830. The number of esters is 1. The van der Waals surface area contributed by atoms with Crippen LogP contribution in [0, 0.1) is 0 Å². The molecule has 16 heavy (non-hydrogen) atoms. The number of rotatable bonds is 10. The molecule has 0 aromatic rings. The summed E-state index contributed by atoms with van der Waals surface area (Å²) >= 11 is 0. The van der Waals surface area contributed by atoms with Crippen molar-refractivity contribution in [2.24, 2.45) is 0 Å². The summed E-state index contributed by atoms with van der Waals surface area (Å²) in [7, 11) is 1.44. The molecule has 0 radical (unpaired) electrons. The average Bonchev–Trinajstić information content (AvgIpc) is 2.32. The van der Waals surface area contributed by atoms with Gasteiger partial charge in [-0.15, -0.1) is 6.58 Å². The van der Waals surface area contributed by atoms with Crippen molar-refractivity contribution < 1.29 is 9.53 Å². The molecule has 0 N–H and O–H groups in total. The summed E-state index contributed by atoms with van der Waals surface area (Å²) in [5.41, 5.74) is 0. The molecule has 0 atom stereocenters. The summed E-state index contributed by atoms with van der Waals surface area (Å²) in [6.45, 7) is 8.71. The van der Waals surface area contributed by atoms with Crippen LogP contribution in [0.3, 0.4) is 0 Å². The second kappa shape index (κ2) is 10.7. The van der Waals surface area contributed by atoms with Gasteiger partial charge in [0.05, 0.1) is 13.5 Å². The standard InChI is InChI=1S/C13H25NO2/c1-4-6-7-8-9-11-14(5-2)12-10-13(15)16-3/h4H,1,5-12H2,2-3H3. The first-order valence-corrected chi connectivity index (χ1v) is 6.14. The van der Waals surface area contributed by atoms with E-state index < -0.39 is 0 Å². The van der Waals surface area contributed by atoms with Gasteiger partial charge in [-0.3, -0.25) is 4.79 Å². The van der Waals surface area contributed by atoms with Crippen molar-refractivity contribution in [3.05, 3.63) is 12.7 Å². The number of allylic oxidation sites excluding steroid dienone is 1. The van der Waals surface area contributed by atoms with Crippen LogP contribution in [0.15, 0.2) is 12.7 Å². The topological polar surface area (TPSA) is 29.5 Å². The fourth-order valence-electron chi connectivity index (χ4n) is 1.58. The van der Waals surface area contributed by atoms with Crippen molar-refractivity contribution in [3.63, 3.8) is 0 Å². The zero-order valence-corrected chi connectivity index (χ0v) is 10.7. The minimum absolute atomic E-state index is 0.120. The lowest BCUT2D eigenvalue weighted by Crippen LogP contribution is -2.27. The Bertz CT molecular complexity index is 192. The maximum Gasteiger partial charge on any atom is 0.306 e. The van der Waals surface area contributed by atoms with Gasteiger partial charge in [0, 0.05) is 6.54 Å². The molecular weight excluding hydrogens is 202 g/mol. The van der Waals surface area contributed by atoms with Gasteiger partial charge in [-0.05, 0) is 32.4 Å². The van der Waals surface area contributed by atoms with E-state index in [2.05, 4.69) is 23.1 Å². The zero-order chi connectivity index (χ0) is 12.2. The van der Waals surface area contributed by atoms with Crippen molar-refractivity contribution in [3.8, 4) is 0 Å². The van der Waals surface area contributed by atoms with E-state index in [1.165, 1.54) is 26.4 Å². The highest BCUT2D eigenvalue weighted by atomic mass is 16.5. The fourth-order valence-corrected chi connectivity index (χ4v) is 1.58. The third kappa shape index (κ3) is 8.48. The van der Waals surface area contributed by atoms with Gasteiger partial charge in [-0.2, -0.15) is 0 Å². The second-order valence-electron chi connectivity index (χ2n) is 3.90. The van der Waals surface area contributed by atoms with Gasteiger partial charge in [0.25, 0.3) is 0 Å². The summed E-state index contributed by atoms with van der Waals surface area (Å²) in [5, 5.41) is 0. The molecule has 0 saturated heterocycles. The van der Waals surface area contributed by atoms with E-state index >= 15 is 0 Å². The normalized spacial score (nSPS) is 10.4. The number of unbranched alkanes of at least 4 members (excludes halogenated alkanes) is 3. The molecule has 0 aromatic heterocycles. The Morgan fingerprint density at radius 2 is 2.06 bits per heavy atom. The maximum atomic E-state index is 11.0. The predicted octanol–water partition coefficient (Wildman–Crippen LogP) is 2.62.